The predicted octanol–water partition coefficient (Wildman–Crippen LogP) is 2.78. The molecule has 0 saturated carbocycles. The molecule has 1 aromatic heterocycles. The smallest absolute Gasteiger partial charge is 0.125 e. The molecular weight excluding hydrogens is 222 g/mol. The molecule has 1 aromatic rings. The zero-order valence-corrected chi connectivity index (χ0v) is 10.9. The Morgan fingerprint density at radius 2 is 2.31 bits per heavy atom. The summed E-state index contributed by atoms with van der Waals surface area (Å²) in [6, 6.07) is 0. The summed E-state index contributed by atoms with van der Waals surface area (Å²) < 4.78 is 5.69. The monoisotopic (exact) mass is 241 g/mol. The van der Waals surface area contributed by atoms with Gasteiger partial charge in [0.1, 0.15) is 10.6 Å². The van der Waals surface area contributed by atoms with Crippen LogP contribution >= 0.6 is 11.3 Å². The van der Waals surface area contributed by atoms with E-state index in [-0.39, 0.29) is 11.7 Å². The molecule has 0 aliphatic heterocycles. The van der Waals surface area contributed by atoms with Crippen LogP contribution in [0.4, 0.5) is 0 Å². The van der Waals surface area contributed by atoms with Gasteiger partial charge >= 0.3 is 0 Å². The van der Waals surface area contributed by atoms with Gasteiger partial charge in [-0.3, -0.25) is 0 Å². The average Bonchev–Trinajstić information content (AvgIpc) is 2.63. The highest BCUT2D eigenvalue weighted by Crippen LogP contribution is 2.38. The van der Waals surface area contributed by atoms with Crippen molar-refractivity contribution in [3.63, 3.8) is 0 Å². The van der Waals surface area contributed by atoms with Gasteiger partial charge in [0, 0.05) is 6.61 Å². The normalized spacial score (nSPS) is 20.9. The topological polar surface area (TPSA) is 42.4 Å². The lowest BCUT2D eigenvalue weighted by Gasteiger charge is -2.21. The fourth-order valence-electron chi connectivity index (χ4n) is 2.08. The maximum Gasteiger partial charge on any atom is 0.125 e. The number of aromatic nitrogens is 1. The Bertz CT molecular complexity index is 373. The van der Waals surface area contributed by atoms with Crippen LogP contribution in [-0.4, -0.2) is 16.7 Å². The molecule has 16 heavy (non-hydrogen) atoms. The Morgan fingerprint density at radius 1 is 1.56 bits per heavy atom. The van der Waals surface area contributed by atoms with Crippen molar-refractivity contribution in [3.05, 3.63) is 15.6 Å². The number of nitrogens with zero attached hydrogens (tertiary/aromatic N) is 1. The molecule has 90 valence electrons. The minimum atomic E-state index is -0.337. The number of hydrogen-bond donors (Lipinski definition) is 1. The van der Waals surface area contributed by atoms with Crippen LogP contribution in [0.5, 0.6) is 0 Å². The van der Waals surface area contributed by atoms with Crippen LogP contribution in [0.3, 0.4) is 0 Å². The summed E-state index contributed by atoms with van der Waals surface area (Å²) in [4.78, 5) is 5.68. The quantitative estimate of drug-likeness (QED) is 0.884. The summed E-state index contributed by atoms with van der Waals surface area (Å²) >= 11 is 1.60. The Hall–Kier alpha value is -0.450. The van der Waals surface area contributed by atoms with E-state index in [9.17, 15) is 5.11 Å². The molecule has 1 aliphatic rings. The van der Waals surface area contributed by atoms with Crippen LogP contribution in [0.2, 0.25) is 0 Å². The Labute approximate surface area is 100 Å². The molecule has 0 radical (unpaired) electrons. The van der Waals surface area contributed by atoms with Crippen LogP contribution in [0.15, 0.2) is 0 Å². The number of rotatable bonds is 3. The van der Waals surface area contributed by atoms with Gasteiger partial charge in [0.2, 0.25) is 0 Å². The summed E-state index contributed by atoms with van der Waals surface area (Å²) in [5.41, 5.74) is 0.739. The zero-order chi connectivity index (χ0) is 11.8. The number of fused-ring (bicyclic) bond motifs is 1. The predicted molar refractivity (Wildman–Crippen MR) is 64.7 cm³/mol. The molecule has 0 amide bonds. The van der Waals surface area contributed by atoms with Gasteiger partial charge in [0.25, 0.3) is 0 Å². The van der Waals surface area contributed by atoms with Gasteiger partial charge in [-0.25, -0.2) is 4.98 Å². The largest absolute Gasteiger partial charge is 0.388 e. The maximum atomic E-state index is 9.90. The zero-order valence-electron chi connectivity index (χ0n) is 10.1. The summed E-state index contributed by atoms with van der Waals surface area (Å²) in [6.07, 6.45) is 2.58. The minimum absolute atomic E-state index is 0.313. The highest BCUT2D eigenvalue weighted by atomic mass is 32.1. The van der Waals surface area contributed by atoms with Crippen molar-refractivity contribution in [2.75, 3.05) is 6.61 Å². The lowest BCUT2D eigenvalue weighted by Crippen LogP contribution is -2.21. The Balaban J connectivity index is 2.30. The lowest BCUT2D eigenvalue weighted by molar-refractivity contribution is -0.0142. The standard InChI is InChI=1S/C12H19NO2S/c1-4-15-12(2,3)11-13-8-6-5-7-9(14)10(8)16-11/h9,14H,4-7H2,1-3H3. The van der Waals surface area contributed by atoms with Crippen molar-refractivity contribution in [1.29, 1.82) is 0 Å². The van der Waals surface area contributed by atoms with Crippen LogP contribution in [0.25, 0.3) is 0 Å². The molecule has 1 atom stereocenters. The van der Waals surface area contributed by atoms with Gasteiger partial charge in [-0.05, 0) is 40.0 Å². The van der Waals surface area contributed by atoms with Gasteiger partial charge in [-0.2, -0.15) is 0 Å². The fourth-order valence-corrected chi connectivity index (χ4v) is 3.27. The van der Waals surface area contributed by atoms with Gasteiger partial charge < -0.3 is 9.84 Å². The minimum Gasteiger partial charge on any atom is -0.388 e. The molecule has 0 spiro atoms. The van der Waals surface area contributed by atoms with E-state index in [1.165, 1.54) is 0 Å². The van der Waals surface area contributed by atoms with E-state index in [0.29, 0.717) is 6.61 Å². The number of thiazole rings is 1. The highest BCUT2D eigenvalue weighted by Gasteiger charge is 2.30. The van der Waals surface area contributed by atoms with Crippen molar-refractivity contribution in [3.8, 4) is 0 Å². The second kappa shape index (κ2) is 4.43. The van der Waals surface area contributed by atoms with E-state index in [1.54, 1.807) is 11.3 Å². The first-order chi connectivity index (χ1) is 7.54. The molecule has 1 aliphatic carbocycles. The molecule has 1 N–H and O–H groups in total. The van der Waals surface area contributed by atoms with Gasteiger partial charge in [-0.15, -0.1) is 11.3 Å². The maximum absolute atomic E-state index is 9.90. The average molecular weight is 241 g/mol. The lowest BCUT2D eigenvalue weighted by atomic mass is 10.0. The summed E-state index contributed by atoms with van der Waals surface area (Å²) in [6.45, 7) is 6.74. The Kier molecular flexibility index (Phi) is 3.33. The fraction of sp³-hybridized carbons (Fsp3) is 0.750. The third kappa shape index (κ3) is 2.14. The summed E-state index contributed by atoms with van der Waals surface area (Å²) in [7, 11) is 0. The third-order valence-electron chi connectivity index (χ3n) is 2.94. The SMILES string of the molecule is CCOC(C)(C)c1nc2c(s1)C(O)CCC2. The Morgan fingerprint density at radius 3 is 2.94 bits per heavy atom. The van der Waals surface area contributed by atoms with E-state index in [0.717, 1.165) is 34.8 Å². The number of aryl methyl sites for hydroxylation is 1. The van der Waals surface area contributed by atoms with Crippen molar-refractivity contribution in [2.45, 2.75) is 51.7 Å². The molecule has 0 fully saturated rings. The van der Waals surface area contributed by atoms with Crippen LogP contribution < -0.4 is 0 Å². The van der Waals surface area contributed by atoms with Crippen LogP contribution in [0.1, 0.15) is 55.3 Å². The highest BCUT2D eigenvalue weighted by molar-refractivity contribution is 7.12. The van der Waals surface area contributed by atoms with E-state index < -0.39 is 0 Å². The number of aliphatic hydroxyl groups is 1. The summed E-state index contributed by atoms with van der Waals surface area (Å²) in [5.74, 6) is 0. The molecule has 1 heterocycles. The number of ether oxygens (including phenoxy) is 1. The van der Waals surface area contributed by atoms with E-state index in [1.807, 2.05) is 20.8 Å². The summed E-state index contributed by atoms with van der Waals surface area (Å²) in [5, 5.41) is 10.9. The molecule has 2 rings (SSSR count). The van der Waals surface area contributed by atoms with E-state index in [2.05, 4.69) is 4.98 Å². The molecule has 0 saturated heterocycles. The van der Waals surface area contributed by atoms with Crippen LogP contribution in [0, 0.1) is 0 Å². The van der Waals surface area contributed by atoms with Gasteiger partial charge in [0.05, 0.1) is 16.7 Å². The molecular formula is C12H19NO2S. The first-order valence-corrected chi connectivity index (χ1v) is 6.68. The van der Waals surface area contributed by atoms with Crippen molar-refractivity contribution < 1.29 is 9.84 Å². The van der Waals surface area contributed by atoms with Crippen molar-refractivity contribution >= 4 is 11.3 Å². The molecule has 3 nitrogen and oxygen atoms in total. The van der Waals surface area contributed by atoms with E-state index in [4.69, 9.17) is 4.74 Å². The van der Waals surface area contributed by atoms with Gasteiger partial charge in [0.15, 0.2) is 0 Å². The van der Waals surface area contributed by atoms with Crippen molar-refractivity contribution in [1.82, 2.24) is 4.98 Å². The number of aliphatic hydroxyl groups excluding tert-OH is 1. The third-order valence-corrected chi connectivity index (χ3v) is 4.45. The second-order valence-electron chi connectivity index (χ2n) is 4.68. The second-order valence-corrected chi connectivity index (χ2v) is 5.71. The van der Waals surface area contributed by atoms with Gasteiger partial charge in [-0.1, -0.05) is 0 Å². The molecule has 0 aromatic carbocycles. The first-order valence-electron chi connectivity index (χ1n) is 5.86. The number of hydrogen-bond acceptors (Lipinski definition) is 4. The van der Waals surface area contributed by atoms with Crippen LogP contribution in [-0.2, 0) is 16.8 Å². The molecule has 1 unspecified atom stereocenters. The van der Waals surface area contributed by atoms with Crippen molar-refractivity contribution in [2.24, 2.45) is 0 Å². The molecule has 0 bridgehead atoms. The molecule has 4 heteroatoms. The first kappa shape index (κ1) is 12.0. The van der Waals surface area contributed by atoms with E-state index >= 15 is 0 Å².